The van der Waals surface area contributed by atoms with Gasteiger partial charge in [-0.3, -0.25) is 0 Å². The van der Waals surface area contributed by atoms with Crippen LogP contribution in [0.25, 0.3) is 0 Å². The molecular formula is C21H32N2O4. The molecule has 27 heavy (non-hydrogen) atoms. The SMILES string of the molecule is C[C@@H](CC(C)(C)O)N1CCC2(CC1)CN(CCOc1ccccc1)C(=O)O2. The lowest BCUT2D eigenvalue weighted by atomic mass is 9.89. The molecule has 2 saturated heterocycles. The van der Waals surface area contributed by atoms with E-state index >= 15 is 0 Å². The third-order valence-corrected chi connectivity index (χ3v) is 5.54. The van der Waals surface area contributed by atoms with Gasteiger partial charge < -0.3 is 24.4 Å². The van der Waals surface area contributed by atoms with Gasteiger partial charge in [0.05, 0.1) is 18.7 Å². The van der Waals surface area contributed by atoms with Gasteiger partial charge in [-0.1, -0.05) is 18.2 Å². The van der Waals surface area contributed by atoms with Crippen molar-refractivity contribution >= 4 is 6.09 Å². The van der Waals surface area contributed by atoms with E-state index < -0.39 is 5.60 Å². The Kier molecular flexibility index (Phi) is 5.96. The molecule has 2 aliphatic rings. The number of nitrogens with zero attached hydrogens (tertiary/aromatic N) is 2. The number of carbonyl (C=O) groups is 1. The fraction of sp³-hybridized carbons (Fsp3) is 0.667. The van der Waals surface area contributed by atoms with Gasteiger partial charge in [-0.25, -0.2) is 4.79 Å². The number of piperidine rings is 1. The normalized spacial score (nSPS) is 21.3. The molecule has 2 heterocycles. The Balaban J connectivity index is 1.46. The molecule has 2 aliphatic heterocycles. The zero-order valence-electron chi connectivity index (χ0n) is 16.7. The van der Waals surface area contributed by atoms with Gasteiger partial charge in [0.15, 0.2) is 0 Å². The number of aliphatic hydroxyl groups is 1. The summed E-state index contributed by atoms with van der Waals surface area (Å²) in [5.41, 5.74) is -1.03. The highest BCUT2D eigenvalue weighted by Crippen LogP contribution is 2.34. The van der Waals surface area contributed by atoms with Crippen molar-refractivity contribution in [3.05, 3.63) is 30.3 Å². The smallest absolute Gasteiger partial charge is 0.410 e. The van der Waals surface area contributed by atoms with Crippen molar-refractivity contribution in [2.45, 2.75) is 57.3 Å². The summed E-state index contributed by atoms with van der Waals surface area (Å²) in [6.45, 7) is 9.27. The van der Waals surface area contributed by atoms with E-state index in [2.05, 4.69) is 11.8 Å². The maximum absolute atomic E-state index is 12.3. The first-order valence-corrected chi connectivity index (χ1v) is 9.89. The van der Waals surface area contributed by atoms with Crippen LogP contribution in [0.15, 0.2) is 30.3 Å². The first kappa shape index (κ1) is 20.0. The third kappa shape index (κ3) is 5.36. The minimum atomic E-state index is -0.663. The molecule has 6 nitrogen and oxygen atoms in total. The van der Waals surface area contributed by atoms with Crippen molar-refractivity contribution < 1.29 is 19.4 Å². The Morgan fingerprint density at radius 1 is 1.26 bits per heavy atom. The van der Waals surface area contributed by atoms with Crippen molar-refractivity contribution in [2.75, 3.05) is 32.8 Å². The number of likely N-dealkylation sites (tertiary alicyclic amines) is 1. The van der Waals surface area contributed by atoms with Gasteiger partial charge in [0.1, 0.15) is 18.0 Å². The maximum Gasteiger partial charge on any atom is 0.410 e. The number of hydrogen-bond acceptors (Lipinski definition) is 5. The van der Waals surface area contributed by atoms with Crippen LogP contribution >= 0.6 is 0 Å². The van der Waals surface area contributed by atoms with Crippen LogP contribution in [0.2, 0.25) is 0 Å². The lowest BCUT2D eigenvalue weighted by Crippen LogP contribution is -2.50. The minimum Gasteiger partial charge on any atom is -0.492 e. The van der Waals surface area contributed by atoms with Gasteiger partial charge in [-0.05, 0) is 39.3 Å². The Bertz CT molecular complexity index is 621. The van der Waals surface area contributed by atoms with Crippen molar-refractivity contribution in [1.82, 2.24) is 9.80 Å². The zero-order valence-corrected chi connectivity index (χ0v) is 16.7. The molecular weight excluding hydrogens is 344 g/mol. The molecule has 0 aliphatic carbocycles. The highest BCUT2D eigenvalue weighted by atomic mass is 16.6. The molecule has 1 amide bonds. The summed E-state index contributed by atoms with van der Waals surface area (Å²) in [6.07, 6.45) is 2.18. The van der Waals surface area contributed by atoms with E-state index in [1.54, 1.807) is 4.90 Å². The van der Waals surface area contributed by atoms with Crippen LogP contribution in [0.4, 0.5) is 4.79 Å². The van der Waals surface area contributed by atoms with E-state index in [0.717, 1.165) is 38.1 Å². The fourth-order valence-electron chi connectivity index (χ4n) is 4.14. The first-order valence-electron chi connectivity index (χ1n) is 9.89. The monoisotopic (exact) mass is 376 g/mol. The Labute approximate surface area is 162 Å². The molecule has 6 heteroatoms. The molecule has 1 spiro atoms. The summed E-state index contributed by atoms with van der Waals surface area (Å²) < 4.78 is 11.5. The van der Waals surface area contributed by atoms with Gasteiger partial charge in [-0.15, -0.1) is 0 Å². The minimum absolute atomic E-state index is 0.232. The highest BCUT2D eigenvalue weighted by Gasteiger charge is 2.47. The summed E-state index contributed by atoms with van der Waals surface area (Å²) in [6, 6.07) is 9.95. The van der Waals surface area contributed by atoms with E-state index in [-0.39, 0.29) is 11.7 Å². The topological polar surface area (TPSA) is 62.2 Å². The number of para-hydroxylation sites is 1. The van der Waals surface area contributed by atoms with Crippen LogP contribution in [0.5, 0.6) is 5.75 Å². The Morgan fingerprint density at radius 2 is 1.93 bits per heavy atom. The van der Waals surface area contributed by atoms with Crippen LogP contribution in [0.1, 0.15) is 40.0 Å². The standard InChI is InChI=1S/C21H32N2O4/c1-17(15-20(2,3)25)22-11-9-21(10-12-22)16-23(19(24)27-21)13-14-26-18-7-5-4-6-8-18/h4-8,17,25H,9-16H2,1-3H3/t17-/m0/s1. The molecule has 0 bridgehead atoms. The highest BCUT2D eigenvalue weighted by molar-refractivity contribution is 5.70. The van der Waals surface area contributed by atoms with Crippen LogP contribution in [0.3, 0.4) is 0 Å². The number of amides is 1. The van der Waals surface area contributed by atoms with Gasteiger partial charge in [0, 0.05) is 32.0 Å². The lowest BCUT2D eigenvalue weighted by Gasteiger charge is -2.41. The van der Waals surface area contributed by atoms with Crippen molar-refractivity contribution in [3.63, 3.8) is 0 Å². The van der Waals surface area contributed by atoms with Crippen LogP contribution < -0.4 is 4.74 Å². The molecule has 1 aromatic carbocycles. The Morgan fingerprint density at radius 3 is 2.56 bits per heavy atom. The zero-order chi connectivity index (χ0) is 19.5. The molecule has 0 unspecified atom stereocenters. The van der Waals surface area contributed by atoms with Crippen molar-refractivity contribution in [1.29, 1.82) is 0 Å². The van der Waals surface area contributed by atoms with E-state index in [1.165, 1.54) is 0 Å². The van der Waals surface area contributed by atoms with Crippen molar-refractivity contribution in [3.8, 4) is 5.75 Å². The predicted octanol–water partition coefficient (Wildman–Crippen LogP) is 2.90. The number of carbonyl (C=O) groups excluding carboxylic acids is 1. The summed E-state index contributed by atoms with van der Waals surface area (Å²) in [5.74, 6) is 0.814. The van der Waals surface area contributed by atoms with Gasteiger partial charge in [-0.2, -0.15) is 0 Å². The van der Waals surface area contributed by atoms with Crippen LogP contribution in [-0.4, -0.2) is 71.0 Å². The summed E-state index contributed by atoms with van der Waals surface area (Å²) >= 11 is 0. The van der Waals surface area contributed by atoms with E-state index in [0.29, 0.717) is 25.7 Å². The lowest BCUT2D eigenvalue weighted by molar-refractivity contribution is -0.0222. The second-order valence-electron chi connectivity index (χ2n) is 8.54. The van der Waals surface area contributed by atoms with Gasteiger partial charge in [0.25, 0.3) is 0 Å². The number of hydrogen-bond donors (Lipinski definition) is 1. The molecule has 0 saturated carbocycles. The quantitative estimate of drug-likeness (QED) is 0.793. The second-order valence-corrected chi connectivity index (χ2v) is 8.54. The van der Waals surface area contributed by atoms with Crippen LogP contribution in [0, 0.1) is 0 Å². The van der Waals surface area contributed by atoms with E-state index in [9.17, 15) is 9.90 Å². The molecule has 0 aromatic heterocycles. The Hall–Kier alpha value is -1.79. The van der Waals surface area contributed by atoms with Crippen molar-refractivity contribution in [2.24, 2.45) is 0 Å². The molecule has 0 radical (unpaired) electrons. The number of ether oxygens (including phenoxy) is 2. The molecule has 1 atom stereocenters. The second kappa shape index (κ2) is 8.07. The summed E-state index contributed by atoms with van der Waals surface area (Å²) in [5, 5.41) is 10.0. The summed E-state index contributed by atoms with van der Waals surface area (Å²) in [4.78, 5) is 16.4. The third-order valence-electron chi connectivity index (χ3n) is 5.54. The number of rotatable bonds is 7. The largest absolute Gasteiger partial charge is 0.492 e. The predicted molar refractivity (Wildman–Crippen MR) is 104 cm³/mol. The molecule has 1 N–H and O–H groups in total. The summed E-state index contributed by atoms with van der Waals surface area (Å²) in [7, 11) is 0. The average Bonchev–Trinajstić information content (AvgIpc) is 2.90. The molecule has 1 aromatic rings. The first-order chi connectivity index (χ1) is 12.8. The number of benzene rings is 1. The fourth-order valence-corrected chi connectivity index (χ4v) is 4.14. The maximum atomic E-state index is 12.3. The van der Waals surface area contributed by atoms with E-state index in [4.69, 9.17) is 9.47 Å². The molecule has 150 valence electrons. The van der Waals surface area contributed by atoms with Gasteiger partial charge >= 0.3 is 6.09 Å². The average molecular weight is 376 g/mol. The molecule has 3 rings (SSSR count). The van der Waals surface area contributed by atoms with E-state index in [1.807, 2.05) is 44.2 Å². The molecule has 2 fully saturated rings. The van der Waals surface area contributed by atoms with Crippen LogP contribution in [-0.2, 0) is 4.74 Å². The van der Waals surface area contributed by atoms with Gasteiger partial charge in [0.2, 0.25) is 0 Å².